The van der Waals surface area contributed by atoms with Crippen LogP contribution in [0.3, 0.4) is 0 Å². The summed E-state index contributed by atoms with van der Waals surface area (Å²) in [5, 5.41) is 2.55. The molecule has 1 rings (SSSR count). The van der Waals surface area contributed by atoms with Gasteiger partial charge in [0.2, 0.25) is 5.91 Å². The number of halogens is 2. The Morgan fingerprint density at radius 1 is 1.50 bits per heavy atom. The average molecular weight is 332 g/mol. The van der Waals surface area contributed by atoms with E-state index in [0.717, 1.165) is 0 Å². The van der Waals surface area contributed by atoms with Crippen LogP contribution in [-0.2, 0) is 16.1 Å². The molecule has 0 saturated carbocycles. The van der Waals surface area contributed by atoms with E-state index in [-0.39, 0.29) is 17.5 Å². The van der Waals surface area contributed by atoms with Gasteiger partial charge in [-0.1, -0.05) is 17.7 Å². The molecular weight excluding hydrogens is 313 g/mol. The Bertz CT molecular complexity index is 542. The molecule has 0 aromatic heterocycles. The van der Waals surface area contributed by atoms with Crippen LogP contribution in [0.2, 0.25) is 5.02 Å². The van der Waals surface area contributed by atoms with Gasteiger partial charge >= 0.3 is 6.03 Å². The van der Waals surface area contributed by atoms with Crippen molar-refractivity contribution >= 4 is 23.5 Å². The van der Waals surface area contributed by atoms with E-state index < -0.39 is 17.9 Å². The smallest absolute Gasteiger partial charge is 0.312 e. The van der Waals surface area contributed by atoms with Gasteiger partial charge in [-0.25, -0.2) is 9.18 Å². The highest BCUT2D eigenvalue weighted by Crippen LogP contribution is 2.19. The second kappa shape index (κ2) is 8.55. The summed E-state index contributed by atoms with van der Waals surface area (Å²) in [4.78, 5) is 24.7. The van der Waals surface area contributed by atoms with Crippen LogP contribution < -0.4 is 11.1 Å². The lowest BCUT2D eigenvalue weighted by molar-refractivity contribution is -0.134. The number of carbonyl (C=O) groups is 2. The molecule has 3 N–H and O–H groups in total. The fraction of sp³-hybridized carbons (Fsp3) is 0.429. The fourth-order valence-corrected chi connectivity index (χ4v) is 2.10. The van der Waals surface area contributed by atoms with Crippen molar-refractivity contribution in [2.45, 2.75) is 19.5 Å². The maximum atomic E-state index is 13.1. The van der Waals surface area contributed by atoms with Crippen molar-refractivity contribution in [1.29, 1.82) is 0 Å². The van der Waals surface area contributed by atoms with Crippen LogP contribution in [0.1, 0.15) is 12.5 Å². The molecule has 0 heterocycles. The van der Waals surface area contributed by atoms with Crippen LogP contribution in [0.4, 0.5) is 9.18 Å². The Hall–Kier alpha value is -1.86. The molecule has 0 radical (unpaired) electrons. The molecule has 22 heavy (non-hydrogen) atoms. The van der Waals surface area contributed by atoms with Crippen LogP contribution in [0, 0.1) is 5.82 Å². The molecule has 0 fully saturated rings. The van der Waals surface area contributed by atoms with Gasteiger partial charge in [0.25, 0.3) is 0 Å². The predicted molar refractivity (Wildman–Crippen MR) is 80.9 cm³/mol. The van der Waals surface area contributed by atoms with Gasteiger partial charge in [-0.2, -0.15) is 0 Å². The van der Waals surface area contributed by atoms with Crippen LogP contribution in [0.25, 0.3) is 0 Å². The lowest BCUT2D eigenvalue weighted by Gasteiger charge is -2.26. The molecular formula is C14H19ClFN3O3. The number of methoxy groups -OCH3 is 1. The lowest BCUT2D eigenvalue weighted by Crippen LogP contribution is -2.49. The Morgan fingerprint density at radius 2 is 2.18 bits per heavy atom. The van der Waals surface area contributed by atoms with E-state index in [1.165, 1.54) is 37.1 Å². The Balaban J connectivity index is 2.87. The van der Waals surface area contributed by atoms with Gasteiger partial charge in [-0.15, -0.1) is 0 Å². The second-order valence-electron chi connectivity index (χ2n) is 4.72. The number of amides is 3. The van der Waals surface area contributed by atoms with Gasteiger partial charge in [0.15, 0.2) is 0 Å². The van der Waals surface area contributed by atoms with Crippen molar-refractivity contribution in [3.8, 4) is 0 Å². The number of carbonyl (C=O) groups excluding carboxylic acids is 2. The first-order chi connectivity index (χ1) is 10.3. The molecule has 3 amide bonds. The van der Waals surface area contributed by atoms with E-state index in [9.17, 15) is 14.0 Å². The second-order valence-corrected chi connectivity index (χ2v) is 5.13. The van der Waals surface area contributed by atoms with Crippen LogP contribution in [0.15, 0.2) is 18.2 Å². The standard InChI is InChI=1S/C14H19ClFN3O3/c1-9(18-14(17)21)13(20)19(5-6-22-2)8-10-3-4-11(16)7-12(10)15/h3-4,7,9H,5-6,8H2,1-2H3,(H3,17,18,21). The van der Waals surface area contributed by atoms with Gasteiger partial charge in [-0.3, -0.25) is 4.79 Å². The summed E-state index contributed by atoms with van der Waals surface area (Å²) in [5.41, 5.74) is 5.61. The number of nitrogens with zero attached hydrogens (tertiary/aromatic N) is 1. The van der Waals surface area contributed by atoms with Crippen molar-refractivity contribution in [3.63, 3.8) is 0 Å². The zero-order valence-corrected chi connectivity index (χ0v) is 13.2. The third kappa shape index (κ3) is 5.50. The molecule has 0 aliphatic rings. The number of hydrogen-bond acceptors (Lipinski definition) is 3. The lowest BCUT2D eigenvalue weighted by atomic mass is 10.2. The minimum Gasteiger partial charge on any atom is -0.383 e. The summed E-state index contributed by atoms with van der Waals surface area (Å²) in [7, 11) is 1.51. The maximum Gasteiger partial charge on any atom is 0.312 e. The molecule has 1 atom stereocenters. The average Bonchev–Trinajstić information content (AvgIpc) is 2.44. The first-order valence-corrected chi connectivity index (χ1v) is 7.00. The van der Waals surface area contributed by atoms with Gasteiger partial charge < -0.3 is 20.7 Å². The van der Waals surface area contributed by atoms with E-state index in [1.807, 2.05) is 0 Å². The fourth-order valence-electron chi connectivity index (χ4n) is 1.87. The van der Waals surface area contributed by atoms with Crippen LogP contribution >= 0.6 is 11.6 Å². The Kier molecular flexibility index (Phi) is 7.07. The highest BCUT2D eigenvalue weighted by atomic mass is 35.5. The molecule has 0 spiro atoms. The van der Waals surface area contributed by atoms with Crippen molar-refractivity contribution in [1.82, 2.24) is 10.2 Å². The Labute approximate surface area is 133 Å². The van der Waals surface area contributed by atoms with Gasteiger partial charge in [0.1, 0.15) is 11.9 Å². The molecule has 0 bridgehead atoms. The minimum absolute atomic E-state index is 0.173. The molecule has 122 valence electrons. The van der Waals surface area contributed by atoms with Gasteiger partial charge in [0, 0.05) is 25.2 Å². The zero-order valence-electron chi connectivity index (χ0n) is 12.4. The quantitative estimate of drug-likeness (QED) is 0.794. The third-order valence-electron chi connectivity index (χ3n) is 2.98. The number of benzene rings is 1. The number of hydrogen-bond donors (Lipinski definition) is 2. The third-order valence-corrected chi connectivity index (χ3v) is 3.33. The highest BCUT2D eigenvalue weighted by Gasteiger charge is 2.22. The number of rotatable bonds is 7. The topological polar surface area (TPSA) is 84.7 Å². The number of nitrogens with one attached hydrogen (secondary N) is 1. The molecule has 1 aromatic rings. The monoisotopic (exact) mass is 331 g/mol. The first-order valence-electron chi connectivity index (χ1n) is 6.62. The maximum absolute atomic E-state index is 13.1. The molecule has 0 aliphatic heterocycles. The van der Waals surface area contributed by atoms with E-state index in [4.69, 9.17) is 22.1 Å². The SMILES string of the molecule is COCCN(Cc1ccc(F)cc1Cl)C(=O)C(C)NC(N)=O. The summed E-state index contributed by atoms with van der Waals surface area (Å²) in [5.74, 6) is -0.788. The number of primary amides is 1. The van der Waals surface area contributed by atoms with Gasteiger partial charge in [-0.05, 0) is 24.6 Å². The van der Waals surface area contributed by atoms with E-state index >= 15 is 0 Å². The summed E-state index contributed by atoms with van der Waals surface area (Å²) in [6.07, 6.45) is 0. The molecule has 1 aromatic carbocycles. The van der Waals surface area contributed by atoms with Crippen molar-refractivity contribution < 1.29 is 18.7 Å². The molecule has 8 heteroatoms. The summed E-state index contributed by atoms with van der Waals surface area (Å²) in [6, 6.07) is 2.39. The van der Waals surface area contributed by atoms with Crippen LogP contribution in [0.5, 0.6) is 0 Å². The molecule has 6 nitrogen and oxygen atoms in total. The summed E-state index contributed by atoms with van der Waals surface area (Å²) < 4.78 is 18.0. The zero-order chi connectivity index (χ0) is 16.7. The Morgan fingerprint density at radius 3 is 2.73 bits per heavy atom. The summed E-state index contributed by atoms with van der Waals surface area (Å²) >= 11 is 5.98. The van der Waals surface area contributed by atoms with Crippen molar-refractivity contribution in [2.24, 2.45) is 5.73 Å². The summed E-state index contributed by atoms with van der Waals surface area (Å²) in [6.45, 7) is 2.31. The molecule has 1 unspecified atom stereocenters. The molecule has 0 aliphatic carbocycles. The first kappa shape index (κ1) is 18.2. The normalized spacial score (nSPS) is 11.8. The van der Waals surface area contributed by atoms with E-state index in [0.29, 0.717) is 18.7 Å². The van der Waals surface area contributed by atoms with Crippen LogP contribution in [-0.4, -0.2) is 43.1 Å². The highest BCUT2D eigenvalue weighted by molar-refractivity contribution is 6.31. The predicted octanol–water partition coefficient (Wildman–Crippen LogP) is 1.51. The largest absolute Gasteiger partial charge is 0.383 e. The number of nitrogens with two attached hydrogens (primary N) is 1. The molecule has 0 saturated heterocycles. The van der Waals surface area contributed by atoms with Crippen molar-refractivity contribution in [2.75, 3.05) is 20.3 Å². The minimum atomic E-state index is -0.785. The number of ether oxygens (including phenoxy) is 1. The van der Waals surface area contributed by atoms with E-state index in [2.05, 4.69) is 5.32 Å². The van der Waals surface area contributed by atoms with Crippen molar-refractivity contribution in [3.05, 3.63) is 34.6 Å². The van der Waals surface area contributed by atoms with E-state index in [1.54, 1.807) is 0 Å². The number of urea groups is 1. The van der Waals surface area contributed by atoms with Gasteiger partial charge in [0.05, 0.1) is 6.61 Å².